The average molecular weight is 268 g/mol. The molecule has 0 saturated heterocycles. The normalized spacial score (nSPS) is 15.3. The van der Waals surface area contributed by atoms with Crippen molar-refractivity contribution in [3.8, 4) is 0 Å². The molecule has 0 radical (unpaired) electrons. The van der Waals surface area contributed by atoms with Gasteiger partial charge < -0.3 is 15.3 Å². The number of hydrogen-bond donors (Lipinski definition) is 2. The van der Waals surface area contributed by atoms with Crippen LogP contribution in [0.5, 0.6) is 0 Å². The quantitative estimate of drug-likeness (QED) is 0.768. The summed E-state index contributed by atoms with van der Waals surface area (Å²) in [6.07, 6.45) is -4.06. The van der Waals surface area contributed by atoms with Gasteiger partial charge in [0.1, 0.15) is 0 Å². The molecule has 2 N–H and O–H groups in total. The van der Waals surface area contributed by atoms with Gasteiger partial charge in [-0.1, -0.05) is 0 Å². The number of carboxylic acids is 1. The van der Waals surface area contributed by atoms with Crippen LogP contribution in [0.3, 0.4) is 0 Å². The molecule has 1 aliphatic rings. The molecule has 0 aromatic carbocycles. The van der Waals surface area contributed by atoms with Crippen molar-refractivity contribution in [3.63, 3.8) is 0 Å². The van der Waals surface area contributed by atoms with Crippen LogP contribution in [0.4, 0.5) is 18.0 Å². The number of rotatable bonds is 6. The van der Waals surface area contributed by atoms with Crippen LogP contribution in [0.25, 0.3) is 0 Å². The molecule has 2 amide bonds. The van der Waals surface area contributed by atoms with E-state index in [9.17, 15) is 22.8 Å². The summed E-state index contributed by atoms with van der Waals surface area (Å²) in [7, 11) is 0. The predicted molar refractivity (Wildman–Crippen MR) is 56.1 cm³/mol. The fourth-order valence-electron chi connectivity index (χ4n) is 1.46. The van der Waals surface area contributed by atoms with E-state index < -0.39 is 31.1 Å². The second-order valence-corrected chi connectivity index (χ2v) is 4.17. The monoisotopic (exact) mass is 268 g/mol. The lowest BCUT2D eigenvalue weighted by molar-refractivity contribution is -0.137. The van der Waals surface area contributed by atoms with Gasteiger partial charge in [-0.3, -0.25) is 4.79 Å². The summed E-state index contributed by atoms with van der Waals surface area (Å²) in [5.74, 6) is -1.04. The highest BCUT2D eigenvalue weighted by molar-refractivity contribution is 5.76. The molecule has 18 heavy (non-hydrogen) atoms. The standard InChI is InChI=1S/C10H15F3N2O3/c11-10(12,13)4-5-14-9(18)15(7-1-2-7)6-3-8(16)17/h7H,1-6H2,(H,14,18)(H,16,17). The van der Waals surface area contributed by atoms with Gasteiger partial charge in [0, 0.05) is 19.1 Å². The maximum atomic E-state index is 11.9. The topological polar surface area (TPSA) is 69.6 Å². The van der Waals surface area contributed by atoms with E-state index in [0.717, 1.165) is 12.8 Å². The van der Waals surface area contributed by atoms with Gasteiger partial charge in [-0.25, -0.2) is 4.79 Å². The minimum Gasteiger partial charge on any atom is -0.481 e. The first-order valence-electron chi connectivity index (χ1n) is 5.62. The molecule has 1 saturated carbocycles. The van der Waals surface area contributed by atoms with E-state index in [0.29, 0.717) is 0 Å². The van der Waals surface area contributed by atoms with Crippen LogP contribution < -0.4 is 5.32 Å². The minimum atomic E-state index is -4.31. The zero-order valence-electron chi connectivity index (χ0n) is 9.66. The summed E-state index contributed by atoms with van der Waals surface area (Å²) in [6, 6.07) is -0.654. The van der Waals surface area contributed by atoms with Crippen molar-refractivity contribution in [1.29, 1.82) is 0 Å². The first kappa shape index (κ1) is 14.6. The van der Waals surface area contributed by atoms with E-state index in [4.69, 9.17) is 5.11 Å². The van der Waals surface area contributed by atoms with Gasteiger partial charge >= 0.3 is 18.2 Å². The summed E-state index contributed by atoms with van der Waals surface area (Å²) in [5.41, 5.74) is 0. The number of carbonyl (C=O) groups excluding carboxylic acids is 1. The third-order valence-electron chi connectivity index (χ3n) is 2.50. The Kier molecular flexibility index (Phi) is 4.80. The lowest BCUT2D eigenvalue weighted by atomic mass is 10.3. The van der Waals surface area contributed by atoms with Gasteiger partial charge in [0.05, 0.1) is 12.8 Å². The molecule has 0 aliphatic heterocycles. The van der Waals surface area contributed by atoms with E-state index >= 15 is 0 Å². The highest BCUT2D eigenvalue weighted by Crippen LogP contribution is 2.27. The molecule has 1 rings (SSSR count). The maximum Gasteiger partial charge on any atom is 0.390 e. The first-order chi connectivity index (χ1) is 8.29. The largest absolute Gasteiger partial charge is 0.481 e. The molecule has 0 unspecified atom stereocenters. The number of amides is 2. The van der Waals surface area contributed by atoms with Crippen molar-refractivity contribution >= 4 is 12.0 Å². The molecule has 0 heterocycles. The number of urea groups is 1. The Morgan fingerprint density at radius 1 is 1.33 bits per heavy atom. The third kappa shape index (κ3) is 5.74. The summed E-state index contributed by atoms with van der Waals surface area (Å²) in [4.78, 5) is 23.3. The fourth-order valence-corrected chi connectivity index (χ4v) is 1.46. The maximum absolute atomic E-state index is 11.9. The van der Waals surface area contributed by atoms with Crippen LogP contribution in [0.15, 0.2) is 0 Å². The Bertz CT molecular complexity index is 316. The van der Waals surface area contributed by atoms with Crippen molar-refractivity contribution < 1.29 is 27.9 Å². The molecule has 0 aromatic rings. The van der Waals surface area contributed by atoms with Crippen molar-refractivity contribution in [3.05, 3.63) is 0 Å². The molecule has 0 atom stereocenters. The zero-order valence-corrected chi connectivity index (χ0v) is 9.66. The molecular weight excluding hydrogens is 253 g/mol. The number of nitrogens with one attached hydrogen (secondary N) is 1. The van der Waals surface area contributed by atoms with E-state index in [1.807, 2.05) is 0 Å². The van der Waals surface area contributed by atoms with Crippen LogP contribution in [0.2, 0.25) is 0 Å². The molecule has 1 aliphatic carbocycles. The number of aliphatic carboxylic acids is 1. The van der Waals surface area contributed by atoms with Crippen LogP contribution in [0.1, 0.15) is 25.7 Å². The smallest absolute Gasteiger partial charge is 0.390 e. The Morgan fingerprint density at radius 3 is 2.39 bits per heavy atom. The number of carbonyl (C=O) groups is 2. The van der Waals surface area contributed by atoms with Crippen LogP contribution >= 0.6 is 0 Å². The second-order valence-electron chi connectivity index (χ2n) is 4.17. The number of nitrogens with zero attached hydrogens (tertiary/aromatic N) is 1. The van der Waals surface area contributed by atoms with Crippen LogP contribution in [-0.4, -0.2) is 47.3 Å². The Labute approximate surface area is 102 Å². The van der Waals surface area contributed by atoms with Crippen molar-refractivity contribution in [2.45, 2.75) is 37.9 Å². The Morgan fingerprint density at radius 2 is 1.94 bits per heavy atom. The minimum absolute atomic E-state index is 0.0256. The summed E-state index contributed by atoms with van der Waals surface area (Å²) in [5, 5.41) is 10.7. The fraction of sp³-hybridized carbons (Fsp3) is 0.800. The lowest BCUT2D eigenvalue weighted by Crippen LogP contribution is -2.43. The lowest BCUT2D eigenvalue weighted by Gasteiger charge is -2.22. The van der Waals surface area contributed by atoms with E-state index in [1.54, 1.807) is 0 Å². The van der Waals surface area contributed by atoms with Gasteiger partial charge in [-0.15, -0.1) is 0 Å². The molecular formula is C10H15F3N2O3. The molecule has 5 nitrogen and oxygen atoms in total. The number of carboxylic acid groups (broad SMARTS) is 1. The number of hydrogen-bond acceptors (Lipinski definition) is 2. The van der Waals surface area contributed by atoms with Gasteiger partial charge in [0.15, 0.2) is 0 Å². The van der Waals surface area contributed by atoms with E-state index in [-0.39, 0.29) is 19.0 Å². The SMILES string of the molecule is O=C(O)CCN(C(=O)NCCC(F)(F)F)C1CC1. The molecule has 0 bridgehead atoms. The third-order valence-corrected chi connectivity index (χ3v) is 2.50. The van der Waals surface area contributed by atoms with Gasteiger partial charge in [0.25, 0.3) is 0 Å². The summed E-state index contributed by atoms with van der Waals surface area (Å²) < 4.78 is 35.7. The molecule has 0 spiro atoms. The van der Waals surface area contributed by atoms with Crippen LogP contribution in [0, 0.1) is 0 Å². The van der Waals surface area contributed by atoms with Crippen LogP contribution in [-0.2, 0) is 4.79 Å². The molecule has 104 valence electrons. The summed E-state index contributed by atoms with van der Waals surface area (Å²) in [6.45, 7) is -0.462. The number of halogens is 3. The number of alkyl halides is 3. The van der Waals surface area contributed by atoms with Crippen molar-refractivity contribution in [2.75, 3.05) is 13.1 Å². The van der Waals surface area contributed by atoms with Gasteiger partial charge in [-0.2, -0.15) is 13.2 Å². The predicted octanol–water partition coefficient (Wildman–Crippen LogP) is 1.59. The van der Waals surface area contributed by atoms with E-state index in [1.165, 1.54) is 4.90 Å². The Balaban J connectivity index is 2.33. The van der Waals surface area contributed by atoms with E-state index in [2.05, 4.69) is 5.32 Å². The highest BCUT2D eigenvalue weighted by atomic mass is 19.4. The molecule has 8 heteroatoms. The first-order valence-corrected chi connectivity index (χ1v) is 5.62. The highest BCUT2D eigenvalue weighted by Gasteiger charge is 2.33. The molecule has 0 aromatic heterocycles. The van der Waals surface area contributed by atoms with Gasteiger partial charge in [-0.05, 0) is 12.8 Å². The molecule has 1 fully saturated rings. The van der Waals surface area contributed by atoms with Crippen molar-refractivity contribution in [1.82, 2.24) is 10.2 Å². The van der Waals surface area contributed by atoms with Gasteiger partial charge in [0.2, 0.25) is 0 Å². The van der Waals surface area contributed by atoms with Crippen molar-refractivity contribution in [2.24, 2.45) is 0 Å². The Hall–Kier alpha value is -1.47. The average Bonchev–Trinajstić information content (AvgIpc) is 2.99. The second kappa shape index (κ2) is 5.92. The summed E-state index contributed by atoms with van der Waals surface area (Å²) >= 11 is 0. The zero-order chi connectivity index (χ0) is 13.8.